The Morgan fingerprint density at radius 1 is 1.03 bits per heavy atom. The van der Waals surface area contributed by atoms with Crippen molar-refractivity contribution in [2.75, 3.05) is 41.0 Å². The first kappa shape index (κ1) is 24.9. The number of sulfonamides is 1. The zero-order valence-electron chi connectivity index (χ0n) is 19.5. The van der Waals surface area contributed by atoms with Crippen LogP contribution >= 0.6 is 0 Å². The third kappa shape index (κ3) is 5.25. The largest absolute Gasteiger partial charge is 0.497 e. The highest BCUT2D eigenvalue weighted by molar-refractivity contribution is 7.89. The summed E-state index contributed by atoms with van der Waals surface area (Å²) >= 11 is 0. The van der Waals surface area contributed by atoms with Crippen molar-refractivity contribution in [1.82, 2.24) is 9.62 Å². The van der Waals surface area contributed by atoms with Crippen LogP contribution in [-0.2, 0) is 14.8 Å². The Labute approximate surface area is 195 Å². The summed E-state index contributed by atoms with van der Waals surface area (Å²) in [4.78, 5) is 13.3. The summed E-state index contributed by atoms with van der Waals surface area (Å²) in [5, 5.41) is 2.97. The van der Waals surface area contributed by atoms with Crippen LogP contribution in [0.15, 0.2) is 47.4 Å². The Morgan fingerprint density at radius 2 is 1.76 bits per heavy atom. The maximum Gasteiger partial charge on any atom is 0.243 e. The van der Waals surface area contributed by atoms with E-state index in [1.165, 1.54) is 23.5 Å². The number of carbonyl (C=O) groups excluding carboxylic acids is 1. The number of para-hydroxylation sites is 1. The van der Waals surface area contributed by atoms with Gasteiger partial charge in [-0.3, -0.25) is 4.79 Å². The highest BCUT2D eigenvalue weighted by Crippen LogP contribution is 2.43. The number of hydrogen-bond acceptors (Lipinski definition) is 6. The van der Waals surface area contributed by atoms with Gasteiger partial charge in [0.05, 0.1) is 32.1 Å². The number of methoxy groups -OCH3 is 3. The quantitative estimate of drug-likeness (QED) is 0.530. The van der Waals surface area contributed by atoms with Gasteiger partial charge in [0.1, 0.15) is 5.75 Å². The lowest BCUT2D eigenvalue weighted by Crippen LogP contribution is -2.36. The van der Waals surface area contributed by atoms with Crippen LogP contribution in [0, 0.1) is 5.92 Å². The Balaban J connectivity index is 1.97. The molecule has 0 aromatic heterocycles. The van der Waals surface area contributed by atoms with Gasteiger partial charge in [0.25, 0.3) is 0 Å². The highest BCUT2D eigenvalue weighted by atomic mass is 32.2. The molecule has 1 fully saturated rings. The molecule has 180 valence electrons. The molecule has 0 aliphatic carbocycles. The van der Waals surface area contributed by atoms with Crippen LogP contribution in [0.5, 0.6) is 17.2 Å². The predicted octanol–water partition coefficient (Wildman–Crippen LogP) is 3.03. The van der Waals surface area contributed by atoms with Gasteiger partial charge in [-0.2, -0.15) is 4.31 Å². The van der Waals surface area contributed by atoms with Crippen molar-refractivity contribution in [2.24, 2.45) is 5.92 Å². The van der Waals surface area contributed by atoms with E-state index >= 15 is 0 Å². The van der Waals surface area contributed by atoms with Crippen molar-refractivity contribution in [3.63, 3.8) is 0 Å². The third-order valence-electron chi connectivity index (χ3n) is 5.98. The molecular formula is C24H32N2O6S. The molecule has 1 heterocycles. The van der Waals surface area contributed by atoms with Crippen molar-refractivity contribution in [3.8, 4) is 17.2 Å². The second-order valence-electron chi connectivity index (χ2n) is 7.94. The monoisotopic (exact) mass is 476 g/mol. The van der Waals surface area contributed by atoms with Crippen LogP contribution in [0.1, 0.15) is 31.2 Å². The molecule has 2 unspecified atom stereocenters. The number of rotatable bonds is 10. The first-order valence-electron chi connectivity index (χ1n) is 11.0. The number of carbonyl (C=O) groups is 1. The first-order valence-corrected chi connectivity index (χ1v) is 12.4. The van der Waals surface area contributed by atoms with Crippen LogP contribution in [0.2, 0.25) is 0 Å². The molecule has 0 saturated carbocycles. The van der Waals surface area contributed by atoms with Gasteiger partial charge in [-0.25, -0.2) is 8.42 Å². The van der Waals surface area contributed by atoms with E-state index < -0.39 is 15.9 Å². The minimum atomic E-state index is -3.81. The number of nitrogens with one attached hydrogen (secondary N) is 1. The van der Waals surface area contributed by atoms with Crippen LogP contribution in [0.4, 0.5) is 0 Å². The van der Waals surface area contributed by atoms with Gasteiger partial charge in [-0.1, -0.05) is 25.5 Å². The van der Waals surface area contributed by atoms with E-state index in [0.717, 1.165) is 18.4 Å². The summed E-state index contributed by atoms with van der Waals surface area (Å²) in [6.07, 6.45) is 1.82. The Morgan fingerprint density at radius 3 is 2.36 bits per heavy atom. The molecule has 0 bridgehead atoms. The van der Waals surface area contributed by atoms with Gasteiger partial charge < -0.3 is 19.5 Å². The van der Waals surface area contributed by atoms with Gasteiger partial charge >= 0.3 is 0 Å². The standard InChI is InChI=1S/C24H32N2O6S/c1-5-6-14-25-24(27)21-16-26(33(28,29)18-12-10-17(30-2)11-13-18)15-20(21)19-8-7-9-22(31-3)23(19)32-4/h7-13,20-21H,5-6,14-16H2,1-4H3,(H,25,27). The molecule has 2 atom stereocenters. The molecule has 1 saturated heterocycles. The van der Waals surface area contributed by atoms with Gasteiger partial charge in [0, 0.05) is 31.1 Å². The topological polar surface area (TPSA) is 94.2 Å². The summed E-state index contributed by atoms with van der Waals surface area (Å²) in [5.41, 5.74) is 0.750. The summed E-state index contributed by atoms with van der Waals surface area (Å²) in [6.45, 7) is 2.84. The Bertz CT molecular complexity index is 1060. The molecular weight excluding hydrogens is 444 g/mol. The average molecular weight is 477 g/mol. The zero-order valence-corrected chi connectivity index (χ0v) is 20.4. The highest BCUT2D eigenvalue weighted by Gasteiger charge is 2.44. The van der Waals surface area contributed by atoms with E-state index in [4.69, 9.17) is 14.2 Å². The molecule has 1 amide bonds. The number of ether oxygens (including phenoxy) is 3. The Kier molecular flexibility index (Phi) is 8.20. The smallest absolute Gasteiger partial charge is 0.243 e. The Hall–Kier alpha value is -2.78. The molecule has 3 rings (SSSR count). The lowest BCUT2D eigenvalue weighted by molar-refractivity contribution is -0.124. The second-order valence-corrected chi connectivity index (χ2v) is 9.88. The summed E-state index contributed by atoms with van der Waals surface area (Å²) < 4.78 is 44.4. The van der Waals surface area contributed by atoms with E-state index in [1.807, 2.05) is 12.1 Å². The molecule has 2 aromatic rings. The van der Waals surface area contributed by atoms with Crippen LogP contribution in [0.25, 0.3) is 0 Å². The number of hydrogen-bond donors (Lipinski definition) is 1. The van der Waals surface area contributed by atoms with Gasteiger partial charge in [-0.05, 0) is 36.8 Å². The van der Waals surface area contributed by atoms with Crippen molar-refractivity contribution in [3.05, 3.63) is 48.0 Å². The molecule has 1 aliphatic heterocycles. The maximum atomic E-state index is 13.4. The summed E-state index contributed by atoms with van der Waals surface area (Å²) in [5.74, 6) is 0.519. The SMILES string of the molecule is CCCCNC(=O)C1CN(S(=O)(=O)c2ccc(OC)cc2)CC1c1cccc(OC)c1OC. The molecule has 8 nitrogen and oxygen atoms in total. The van der Waals surface area contributed by atoms with Crippen molar-refractivity contribution >= 4 is 15.9 Å². The fraction of sp³-hybridized carbons (Fsp3) is 0.458. The zero-order chi connectivity index (χ0) is 24.0. The van der Waals surface area contributed by atoms with E-state index in [9.17, 15) is 13.2 Å². The third-order valence-corrected chi connectivity index (χ3v) is 7.83. The molecule has 0 radical (unpaired) electrons. The number of amides is 1. The van der Waals surface area contributed by atoms with Crippen LogP contribution in [0.3, 0.4) is 0 Å². The van der Waals surface area contributed by atoms with Gasteiger partial charge in [-0.15, -0.1) is 0 Å². The van der Waals surface area contributed by atoms with E-state index in [-0.39, 0.29) is 29.8 Å². The summed E-state index contributed by atoms with van der Waals surface area (Å²) in [7, 11) is 0.807. The minimum Gasteiger partial charge on any atom is -0.497 e. The van der Waals surface area contributed by atoms with Gasteiger partial charge in [0.2, 0.25) is 15.9 Å². The molecule has 33 heavy (non-hydrogen) atoms. The van der Waals surface area contributed by atoms with Crippen LogP contribution < -0.4 is 19.5 Å². The molecule has 9 heteroatoms. The number of nitrogens with zero attached hydrogens (tertiary/aromatic N) is 1. The average Bonchev–Trinajstić information content (AvgIpc) is 3.30. The van der Waals surface area contributed by atoms with E-state index in [1.54, 1.807) is 32.4 Å². The van der Waals surface area contributed by atoms with Crippen LogP contribution in [-0.4, -0.2) is 59.6 Å². The predicted molar refractivity (Wildman–Crippen MR) is 125 cm³/mol. The fourth-order valence-corrected chi connectivity index (χ4v) is 5.66. The second kappa shape index (κ2) is 10.9. The lowest BCUT2D eigenvalue weighted by Gasteiger charge is -2.21. The van der Waals surface area contributed by atoms with Crippen molar-refractivity contribution in [2.45, 2.75) is 30.6 Å². The molecule has 1 aliphatic rings. The fourth-order valence-electron chi connectivity index (χ4n) is 4.16. The minimum absolute atomic E-state index is 0.0807. The number of unbranched alkanes of at least 4 members (excludes halogenated alkanes) is 1. The molecule has 1 N–H and O–H groups in total. The normalized spacial score (nSPS) is 18.7. The van der Waals surface area contributed by atoms with Gasteiger partial charge in [0.15, 0.2) is 11.5 Å². The molecule has 0 spiro atoms. The number of benzene rings is 2. The van der Waals surface area contributed by atoms with E-state index in [2.05, 4.69) is 12.2 Å². The van der Waals surface area contributed by atoms with Crippen molar-refractivity contribution < 1.29 is 27.4 Å². The van der Waals surface area contributed by atoms with E-state index in [0.29, 0.717) is 23.8 Å². The lowest BCUT2D eigenvalue weighted by atomic mass is 9.87. The van der Waals surface area contributed by atoms with Crippen molar-refractivity contribution in [1.29, 1.82) is 0 Å². The summed E-state index contributed by atoms with van der Waals surface area (Å²) in [6, 6.07) is 11.7. The maximum absolute atomic E-state index is 13.4. The first-order chi connectivity index (χ1) is 15.9. The molecule has 2 aromatic carbocycles.